The van der Waals surface area contributed by atoms with E-state index in [1.807, 2.05) is 23.1 Å². The first-order chi connectivity index (χ1) is 8.29. The molecule has 0 aliphatic carbocycles. The fourth-order valence-electron chi connectivity index (χ4n) is 2.22. The summed E-state index contributed by atoms with van der Waals surface area (Å²) in [4.78, 5) is 13.8. The van der Waals surface area contributed by atoms with Gasteiger partial charge < -0.3 is 9.64 Å². The molecule has 1 aliphatic heterocycles. The van der Waals surface area contributed by atoms with Gasteiger partial charge in [0.1, 0.15) is 5.75 Å². The summed E-state index contributed by atoms with van der Waals surface area (Å²) in [5.41, 5.74) is 0. The van der Waals surface area contributed by atoms with Gasteiger partial charge in [-0.3, -0.25) is 0 Å². The molecule has 2 rings (SSSR count). The van der Waals surface area contributed by atoms with Crippen LogP contribution in [0.5, 0.6) is 5.75 Å². The van der Waals surface area contributed by atoms with E-state index in [9.17, 15) is 4.79 Å². The van der Waals surface area contributed by atoms with E-state index in [2.05, 4.69) is 6.92 Å². The topological polar surface area (TPSA) is 29.5 Å². The van der Waals surface area contributed by atoms with Crippen molar-refractivity contribution in [3.05, 3.63) is 30.3 Å². The average Bonchev–Trinajstić information content (AvgIpc) is 2.40. The highest BCUT2D eigenvalue weighted by atomic mass is 16.6. The van der Waals surface area contributed by atoms with Crippen molar-refractivity contribution in [2.75, 3.05) is 13.1 Å². The highest BCUT2D eigenvalue weighted by Crippen LogP contribution is 2.20. The van der Waals surface area contributed by atoms with Gasteiger partial charge in [0.25, 0.3) is 0 Å². The summed E-state index contributed by atoms with van der Waals surface area (Å²) in [5.74, 6) is 1.25. The van der Waals surface area contributed by atoms with Gasteiger partial charge in [-0.1, -0.05) is 31.5 Å². The van der Waals surface area contributed by atoms with Gasteiger partial charge in [0.05, 0.1) is 0 Å². The number of rotatable bonds is 2. The van der Waals surface area contributed by atoms with Gasteiger partial charge in [-0.2, -0.15) is 0 Å². The van der Waals surface area contributed by atoms with E-state index >= 15 is 0 Å². The number of amides is 1. The van der Waals surface area contributed by atoms with Crippen LogP contribution in [0.3, 0.4) is 0 Å². The Kier molecular flexibility index (Phi) is 4.02. The van der Waals surface area contributed by atoms with E-state index in [1.165, 1.54) is 6.42 Å². The number of hydrogen-bond acceptors (Lipinski definition) is 2. The first-order valence-corrected chi connectivity index (χ1v) is 6.31. The van der Waals surface area contributed by atoms with Crippen LogP contribution in [0.1, 0.15) is 26.2 Å². The molecule has 1 amide bonds. The van der Waals surface area contributed by atoms with Crippen molar-refractivity contribution in [3.63, 3.8) is 0 Å². The van der Waals surface area contributed by atoms with Crippen molar-refractivity contribution >= 4 is 6.09 Å². The molecule has 1 aromatic carbocycles. The molecule has 3 heteroatoms. The fourth-order valence-corrected chi connectivity index (χ4v) is 2.22. The van der Waals surface area contributed by atoms with Gasteiger partial charge in [0.15, 0.2) is 0 Å². The Morgan fingerprint density at radius 3 is 2.88 bits per heavy atom. The smallest absolute Gasteiger partial charge is 0.410 e. The predicted molar refractivity (Wildman–Crippen MR) is 67.1 cm³/mol. The molecule has 92 valence electrons. The van der Waals surface area contributed by atoms with Gasteiger partial charge in [0, 0.05) is 13.1 Å². The van der Waals surface area contributed by atoms with Crippen LogP contribution in [0.4, 0.5) is 4.79 Å². The summed E-state index contributed by atoms with van der Waals surface area (Å²) in [5, 5.41) is 0. The van der Waals surface area contributed by atoms with Crippen LogP contribution in [0, 0.1) is 5.92 Å². The highest BCUT2D eigenvalue weighted by molar-refractivity contribution is 5.70. The van der Waals surface area contributed by atoms with E-state index in [0.717, 1.165) is 25.9 Å². The molecule has 1 aliphatic rings. The third kappa shape index (κ3) is 3.22. The zero-order valence-corrected chi connectivity index (χ0v) is 10.3. The largest absolute Gasteiger partial charge is 0.415 e. The van der Waals surface area contributed by atoms with Crippen LogP contribution in [0.2, 0.25) is 0 Å². The van der Waals surface area contributed by atoms with Crippen molar-refractivity contribution < 1.29 is 9.53 Å². The van der Waals surface area contributed by atoms with E-state index in [1.54, 1.807) is 12.1 Å². The molecule has 3 nitrogen and oxygen atoms in total. The molecule has 1 aromatic rings. The molecular formula is C14H19NO2. The lowest BCUT2D eigenvalue weighted by molar-refractivity contribution is 0.125. The Morgan fingerprint density at radius 2 is 2.18 bits per heavy atom. The van der Waals surface area contributed by atoms with Gasteiger partial charge in [-0.05, 0) is 30.9 Å². The van der Waals surface area contributed by atoms with Crippen molar-refractivity contribution in [1.82, 2.24) is 4.90 Å². The molecule has 1 saturated heterocycles. The molecule has 0 saturated carbocycles. The Balaban J connectivity index is 1.91. The summed E-state index contributed by atoms with van der Waals surface area (Å²) in [6.45, 7) is 3.83. The second-order valence-electron chi connectivity index (χ2n) is 4.54. The molecule has 0 spiro atoms. The lowest BCUT2D eigenvalue weighted by Gasteiger charge is -2.31. The van der Waals surface area contributed by atoms with Crippen LogP contribution < -0.4 is 4.74 Å². The monoisotopic (exact) mass is 233 g/mol. The molecule has 0 radical (unpaired) electrons. The number of ether oxygens (including phenoxy) is 1. The Labute approximate surface area is 102 Å². The van der Waals surface area contributed by atoms with Crippen molar-refractivity contribution in [1.29, 1.82) is 0 Å². The van der Waals surface area contributed by atoms with Crippen molar-refractivity contribution in [2.24, 2.45) is 5.92 Å². The zero-order valence-electron chi connectivity index (χ0n) is 10.3. The van der Waals surface area contributed by atoms with Crippen LogP contribution in [-0.4, -0.2) is 24.1 Å². The summed E-state index contributed by atoms with van der Waals surface area (Å²) in [7, 11) is 0. The molecule has 0 N–H and O–H groups in total. The fraction of sp³-hybridized carbons (Fsp3) is 0.500. The SMILES string of the molecule is CCC1CCCN(C(=O)Oc2ccccc2)C1. The number of nitrogens with zero attached hydrogens (tertiary/aromatic N) is 1. The van der Waals surface area contributed by atoms with Crippen molar-refractivity contribution in [3.8, 4) is 5.75 Å². The molecule has 1 unspecified atom stereocenters. The summed E-state index contributed by atoms with van der Waals surface area (Å²) < 4.78 is 5.33. The molecular weight excluding hydrogens is 214 g/mol. The van der Waals surface area contributed by atoms with Gasteiger partial charge in [-0.25, -0.2) is 4.79 Å². The van der Waals surface area contributed by atoms with E-state index < -0.39 is 0 Å². The normalized spacial score (nSPS) is 20.1. The Morgan fingerprint density at radius 1 is 1.41 bits per heavy atom. The number of para-hydroxylation sites is 1. The van der Waals surface area contributed by atoms with Crippen LogP contribution >= 0.6 is 0 Å². The van der Waals surface area contributed by atoms with Crippen molar-refractivity contribution in [2.45, 2.75) is 26.2 Å². The number of hydrogen-bond donors (Lipinski definition) is 0. The van der Waals surface area contributed by atoms with Crippen LogP contribution in [0.15, 0.2) is 30.3 Å². The first kappa shape index (κ1) is 12.0. The predicted octanol–water partition coefficient (Wildman–Crippen LogP) is 3.31. The quantitative estimate of drug-likeness (QED) is 0.784. The number of benzene rings is 1. The minimum Gasteiger partial charge on any atom is -0.410 e. The first-order valence-electron chi connectivity index (χ1n) is 6.31. The third-order valence-corrected chi connectivity index (χ3v) is 3.30. The second-order valence-corrected chi connectivity index (χ2v) is 4.54. The molecule has 1 heterocycles. The number of carbonyl (C=O) groups excluding carboxylic acids is 1. The summed E-state index contributed by atoms with van der Waals surface area (Å²) in [6.07, 6.45) is 3.23. The minimum atomic E-state index is -0.214. The molecule has 0 aromatic heterocycles. The van der Waals surface area contributed by atoms with Gasteiger partial charge in [-0.15, -0.1) is 0 Å². The molecule has 17 heavy (non-hydrogen) atoms. The maximum absolute atomic E-state index is 11.9. The Bertz CT molecular complexity index is 364. The second kappa shape index (κ2) is 5.71. The van der Waals surface area contributed by atoms with E-state index in [-0.39, 0.29) is 6.09 Å². The maximum Gasteiger partial charge on any atom is 0.415 e. The number of likely N-dealkylation sites (tertiary alicyclic amines) is 1. The third-order valence-electron chi connectivity index (χ3n) is 3.30. The minimum absolute atomic E-state index is 0.214. The van der Waals surface area contributed by atoms with E-state index in [0.29, 0.717) is 11.7 Å². The lowest BCUT2D eigenvalue weighted by atomic mass is 9.96. The van der Waals surface area contributed by atoms with Gasteiger partial charge >= 0.3 is 6.09 Å². The Hall–Kier alpha value is -1.51. The maximum atomic E-state index is 11.9. The van der Waals surface area contributed by atoms with Crippen LogP contribution in [0.25, 0.3) is 0 Å². The standard InChI is InChI=1S/C14H19NO2/c1-2-12-7-6-10-15(11-12)14(16)17-13-8-4-3-5-9-13/h3-5,8-9,12H,2,6-7,10-11H2,1H3. The molecule has 1 atom stereocenters. The molecule has 1 fully saturated rings. The highest BCUT2D eigenvalue weighted by Gasteiger charge is 2.23. The number of piperidine rings is 1. The average molecular weight is 233 g/mol. The zero-order chi connectivity index (χ0) is 12.1. The lowest BCUT2D eigenvalue weighted by Crippen LogP contribution is -2.41. The summed E-state index contributed by atoms with van der Waals surface area (Å²) >= 11 is 0. The summed E-state index contributed by atoms with van der Waals surface area (Å²) in [6, 6.07) is 9.25. The molecule has 0 bridgehead atoms. The van der Waals surface area contributed by atoms with Crippen LogP contribution in [-0.2, 0) is 0 Å². The number of carbonyl (C=O) groups is 1. The van der Waals surface area contributed by atoms with E-state index in [4.69, 9.17) is 4.74 Å². The van der Waals surface area contributed by atoms with Gasteiger partial charge in [0.2, 0.25) is 0 Å².